The molecule has 0 fully saturated rings. The average molecular weight is 280 g/mol. The van der Waals surface area contributed by atoms with Crippen molar-refractivity contribution in [1.29, 1.82) is 0 Å². The minimum absolute atomic E-state index is 0.298. The molecule has 5 heteroatoms. The van der Waals surface area contributed by atoms with Crippen LogP contribution in [0.2, 0.25) is 0 Å². The van der Waals surface area contributed by atoms with Crippen LogP contribution in [0, 0.1) is 17.5 Å². The van der Waals surface area contributed by atoms with Gasteiger partial charge in [-0.15, -0.1) is 0 Å². The summed E-state index contributed by atoms with van der Waals surface area (Å²) in [5.74, 6) is -2.77. The lowest BCUT2D eigenvalue weighted by atomic mass is 10.2. The Morgan fingerprint density at radius 2 is 1.50 bits per heavy atom. The first-order valence-corrected chi connectivity index (χ1v) is 6.30. The molecule has 2 rings (SSSR count). The van der Waals surface area contributed by atoms with Gasteiger partial charge in [0, 0.05) is 31.8 Å². The molecule has 2 aromatic carbocycles. The van der Waals surface area contributed by atoms with Crippen molar-refractivity contribution in [2.45, 2.75) is 6.54 Å². The number of benzene rings is 2. The fourth-order valence-corrected chi connectivity index (χ4v) is 1.82. The fourth-order valence-electron chi connectivity index (χ4n) is 1.82. The Labute approximate surface area is 115 Å². The number of anilines is 1. The molecule has 106 valence electrons. The summed E-state index contributed by atoms with van der Waals surface area (Å²) < 4.78 is 39.4. The molecular weight excluding hydrogens is 265 g/mol. The minimum atomic E-state index is -0.925. The third-order valence-electron chi connectivity index (χ3n) is 2.78. The summed E-state index contributed by atoms with van der Waals surface area (Å²) in [5.41, 5.74) is 0.833. The molecule has 0 saturated carbocycles. The molecular formula is C15H15F3N2. The van der Waals surface area contributed by atoms with Crippen LogP contribution < -0.4 is 10.6 Å². The number of hydrogen-bond acceptors (Lipinski definition) is 2. The summed E-state index contributed by atoms with van der Waals surface area (Å²) >= 11 is 0. The maximum absolute atomic E-state index is 13.3. The van der Waals surface area contributed by atoms with E-state index in [0.29, 0.717) is 31.8 Å². The predicted octanol–water partition coefficient (Wildman–Crippen LogP) is 3.31. The van der Waals surface area contributed by atoms with E-state index in [1.54, 1.807) is 0 Å². The van der Waals surface area contributed by atoms with E-state index in [2.05, 4.69) is 10.6 Å². The lowest BCUT2D eigenvalue weighted by Gasteiger charge is -2.10. The zero-order valence-electron chi connectivity index (χ0n) is 10.8. The molecule has 20 heavy (non-hydrogen) atoms. The van der Waals surface area contributed by atoms with Gasteiger partial charge in [-0.05, 0) is 5.56 Å². The number of halogens is 3. The molecule has 2 nitrogen and oxygen atoms in total. The van der Waals surface area contributed by atoms with Crippen LogP contribution in [-0.2, 0) is 6.54 Å². The van der Waals surface area contributed by atoms with Crippen molar-refractivity contribution >= 4 is 5.69 Å². The van der Waals surface area contributed by atoms with Crippen molar-refractivity contribution in [2.75, 3.05) is 18.4 Å². The van der Waals surface area contributed by atoms with Crippen molar-refractivity contribution in [1.82, 2.24) is 5.32 Å². The van der Waals surface area contributed by atoms with Crippen molar-refractivity contribution in [3.8, 4) is 0 Å². The highest BCUT2D eigenvalue weighted by Crippen LogP contribution is 2.19. The highest BCUT2D eigenvalue weighted by molar-refractivity contribution is 5.46. The van der Waals surface area contributed by atoms with Crippen LogP contribution >= 0.6 is 0 Å². The van der Waals surface area contributed by atoms with E-state index in [1.165, 1.54) is 0 Å². The normalized spacial score (nSPS) is 10.6. The number of rotatable bonds is 6. The number of nitrogens with one attached hydrogen (secondary N) is 2. The lowest BCUT2D eigenvalue weighted by Crippen LogP contribution is -2.22. The maximum atomic E-state index is 13.3. The molecule has 0 aliphatic carbocycles. The predicted molar refractivity (Wildman–Crippen MR) is 73.0 cm³/mol. The molecule has 0 spiro atoms. The standard InChI is InChI=1S/C15H15F3N2/c16-12-8-13(17)15(14(18)9-12)20-7-6-19-10-11-4-2-1-3-5-11/h1-5,8-9,19-20H,6-7,10H2. The Balaban J connectivity index is 1.76. The molecule has 0 aliphatic heterocycles. The largest absolute Gasteiger partial charge is 0.379 e. The van der Waals surface area contributed by atoms with E-state index in [4.69, 9.17) is 0 Å². The van der Waals surface area contributed by atoms with Gasteiger partial charge in [-0.2, -0.15) is 0 Å². The van der Waals surface area contributed by atoms with Crippen LogP contribution in [0.15, 0.2) is 42.5 Å². The Hall–Kier alpha value is -2.01. The Kier molecular flexibility index (Phi) is 5.01. The highest BCUT2D eigenvalue weighted by atomic mass is 19.1. The maximum Gasteiger partial charge on any atom is 0.152 e. The van der Waals surface area contributed by atoms with Crippen molar-refractivity contribution in [2.24, 2.45) is 0 Å². The average Bonchev–Trinajstić information content (AvgIpc) is 2.42. The second-order valence-electron chi connectivity index (χ2n) is 4.33. The van der Waals surface area contributed by atoms with Crippen molar-refractivity contribution < 1.29 is 13.2 Å². The summed E-state index contributed by atoms with van der Waals surface area (Å²) in [6.45, 7) is 1.55. The molecule has 0 radical (unpaired) electrons. The first-order chi connectivity index (χ1) is 9.66. The third-order valence-corrected chi connectivity index (χ3v) is 2.78. The van der Waals surface area contributed by atoms with Gasteiger partial charge < -0.3 is 10.6 Å². The van der Waals surface area contributed by atoms with Gasteiger partial charge >= 0.3 is 0 Å². The third kappa shape index (κ3) is 3.99. The van der Waals surface area contributed by atoms with Crippen molar-refractivity contribution in [3.63, 3.8) is 0 Å². The molecule has 0 unspecified atom stereocenters. The molecule has 2 aromatic rings. The molecule has 0 aliphatic rings. The monoisotopic (exact) mass is 280 g/mol. The van der Waals surface area contributed by atoms with Crippen LogP contribution in [-0.4, -0.2) is 13.1 Å². The van der Waals surface area contributed by atoms with Crippen molar-refractivity contribution in [3.05, 3.63) is 65.5 Å². The fraction of sp³-hybridized carbons (Fsp3) is 0.200. The molecule has 0 aromatic heterocycles. The quantitative estimate of drug-likeness (QED) is 0.793. The first-order valence-electron chi connectivity index (χ1n) is 6.30. The van der Waals surface area contributed by atoms with Crippen LogP contribution in [0.1, 0.15) is 5.56 Å². The molecule has 0 amide bonds. The topological polar surface area (TPSA) is 24.1 Å². The van der Waals surface area contributed by atoms with Crippen LogP contribution in [0.3, 0.4) is 0 Å². The zero-order chi connectivity index (χ0) is 14.4. The summed E-state index contributed by atoms with van der Waals surface area (Å²) in [6.07, 6.45) is 0. The van der Waals surface area contributed by atoms with E-state index < -0.39 is 17.5 Å². The van der Waals surface area contributed by atoms with Gasteiger partial charge in [-0.3, -0.25) is 0 Å². The van der Waals surface area contributed by atoms with Gasteiger partial charge in [0.1, 0.15) is 11.5 Å². The van der Waals surface area contributed by atoms with Gasteiger partial charge in [0.05, 0.1) is 0 Å². The van der Waals surface area contributed by atoms with Gasteiger partial charge in [-0.1, -0.05) is 30.3 Å². The SMILES string of the molecule is Fc1cc(F)c(NCCNCc2ccccc2)c(F)c1. The zero-order valence-corrected chi connectivity index (χ0v) is 10.8. The summed E-state index contributed by atoms with van der Waals surface area (Å²) in [4.78, 5) is 0. The first kappa shape index (κ1) is 14.4. The summed E-state index contributed by atoms with van der Waals surface area (Å²) in [5, 5.41) is 5.76. The Morgan fingerprint density at radius 1 is 0.850 bits per heavy atom. The minimum Gasteiger partial charge on any atom is -0.379 e. The van der Waals surface area contributed by atoms with Gasteiger partial charge in [0.2, 0.25) is 0 Å². The highest BCUT2D eigenvalue weighted by Gasteiger charge is 2.10. The van der Waals surface area contributed by atoms with Crippen LogP contribution in [0.4, 0.5) is 18.9 Å². The molecule has 0 atom stereocenters. The van der Waals surface area contributed by atoms with E-state index in [0.717, 1.165) is 5.56 Å². The molecule has 0 bridgehead atoms. The summed E-state index contributed by atoms with van der Waals surface area (Å²) in [6, 6.07) is 11.1. The second-order valence-corrected chi connectivity index (χ2v) is 4.33. The molecule has 2 N–H and O–H groups in total. The van der Waals surface area contributed by atoms with E-state index >= 15 is 0 Å². The van der Waals surface area contributed by atoms with E-state index in [-0.39, 0.29) is 5.69 Å². The number of hydrogen-bond donors (Lipinski definition) is 2. The van der Waals surface area contributed by atoms with Gasteiger partial charge in [-0.25, -0.2) is 13.2 Å². The van der Waals surface area contributed by atoms with E-state index in [9.17, 15) is 13.2 Å². The summed E-state index contributed by atoms with van der Waals surface area (Å²) in [7, 11) is 0. The van der Waals surface area contributed by atoms with Crippen LogP contribution in [0.5, 0.6) is 0 Å². The smallest absolute Gasteiger partial charge is 0.152 e. The van der Waals surface area contributed by atoms with Crippen LogP contribution in [0.25, 0.3) is 0 Å². The molecule has 0 saturated heterocycles. The second kappa shape index (κ2) is 6.96. The van der Waals surface area contributed by atoms with E-state index in [1.807, 2.05) is 30.3 Å². The Morgan fingerprint density at radius 3 is 2.15 bits per heavy atom. The Bertz CT molecular complexity index is 535. The lowest BCUT2D eigenvalue weighted by molar-refractivity contribution is 0.546. The molecule has 0 heterocycles. The van der Waals surface area contributed by atoms with Gasteiger partial charge in [0.25, 0.3) is 0 Å². The van der Waals surface area contributed by atoms with Gasteiger partial charge in [0.15, 0.2) is 11.6 Å².